The van der Waals surface area contributed by atoms with E-state index in [2.05, 4.69) is 11.3 Å². The Hall–Kier alpha value is -3.74. The zero-order chi connectivity index (χ0) is 22.7. The van der Waals surface area contributed by atoms with Crippen LogP contribution in [-0.2, 0) is 16.0 Å². The summed E-state index contributed by atoms with van der Waals surface area (Å²) >= 11 is 0. The number of hydrogen-bond acceptors (Lipinski definition) is 4. The third-order valence-electron chi connectivity index (χ3n) is 5.04. The molecular formula is C25H19F3O4. The van der Waals surface area contributed by atoms with Crippen molar-refractivity contribution in [2.24, 2.45) is 0 Å². The van der Waals surface area contributed by atoms with Crippen LogP contribution in [-0.4, -0.2) is 25.5 Å². The maximum atomic E-state index is 12.5. The van der Waals surface area contributed by atoms with E-state index in [1.54, 1.807) is 6.07 Å². The molecule has 0 aliphatic heterocycles. The second kappa shape index (κ2) is 8.78. The maximum Gasteiger partial charge on any atom is 0.573 e. The number of benzene rings is 3. The smallest absolute Gasteiger partial charge is 0.490 e. The van der Waals surface area contributed by atoms with Crippen LogP contribution in [0.25, 0.3) is 22.3 Å². The predicted octanol–water partition coefficient (Wildman–Crippen LogP) is 5.93. The van der Waals surface area contributed by atoms with Crippen LogP contribution in [0.1, 0.15) is 11.1 Å². The van der Waals surface area contributed by atoms with E-state index in [-0.39, 0.29) is 19.0 Å². The van der Waals surface area contributed by atoms with Gasteiger partial charge in [-0.15, -0.1) is 13.2 Å². The average molecular weight is 440 g/mol. The molecule has 0 unspecified atom stereocenters. The van der Waals surface area contributed by atoms with Crippen molar-refractivity contribution >= 4 is 5.97 Å². The lowest BCUT2D eigenvalue weighted by molar-refractivity contribution is -0.274. The molecule has 1 aliphatic carbocycles. The SMILES string of the molecule is C=CC(=O)OCCOc1ccc(-c2ccc3c(c2)Cc2cc(OC(F)(F)F)ccc2-3)cc1. The van der Waals surface area contributed by atoms with Gasteiger partial charge in [0.1, 0.15) is 24.7 Å². The van der Waals surface area contributed by atoms with E-state index in [9.17, 15) is 18.0 Å². The van der Waals surface area contributed by atoms with Crippen LogP contribution in [0.3, 0.4) is 0 Å². The Morgan fingerprint density at radius 3 is 2.19 bits per heavy atom. The topological polar surface area (TPSA) is 44.8 Å². The summed E-state index contributed by atoms with van der Waals surface area (Å²) in [6.07, 6.45) is -3.07. The molecule has 0 N–H and O–H groups in total. The molecule has 1 aliphatic rings. The minimum Gasteiger partial charge on any atom is -0.490 e. The van der Waals surface area contributed by atoms with Crippen molar-refractivity contribution in [3.63, 3.8) is 0 Å². The highest BCUT2D eigenvalue weighted by molar-refractivity contribution is 5.81. The molecular weight excluding hydrogens is 421 g/mol. The first-order valence-electron chi connectivity index (χ1n) is 9.87. The summed E-state index contributed by atoms with van der Waals surface area (Å²) in [7, 11) is 0. The molecule has 4 rings (SSSR count). The fourth-order valence-corrected chi connectivity index (χ4v) is 3.67. The lowest BCUT2D eigenvalue weighted by Crippen LogP contribution is -2.17. The van der Waals surface area contributed by atoms with E-state index in [4.69, 9.17) is 9.47 Å². The van der Waals surface area contributed by atoms with E-state index in [0.717, 1.165) is 39.5 Å². The fourth-order valence-electron chi connectivity index (χ4n) is 3.67. The lowest BCUT2D eigenvalue weighted by atomic mass is 9.99. The van der Waals surface area contributed by atoms with E-state index in [1.165, 1.54) is 12.1 Å². The fraction of sp³-hybridized carbons (Fsp3) is 0.160. The van der Waals surface area contributed by atoms with Crippen molar-refractivity contribution in [2.75, 3.05) is 13.2 Å². The Labute approximate surface area is 182 Å². The van der Waals surface area contributed by atoms with Crippen LogP contribution in [0.4, 0.5) is 13.2 Å². The van der Waals surface area contributed by atoms with Crippen LogP contribution in [0.15, 0.2) is 73.3 Å². The summed E-state index contributed by atoms with van der Waals surface area (Å²) in [5.74, 6) is -0.0555. The highest BCUT2D eigenvalue weighted by atomic mass is 19.4. The van der Waals surface area contributed by atoms with Gasteiger partial charge in [0.15, 0.2) is 0 Å². The summed E-state index contributed by atoms with van der Waals surface area (Å²) in [5, 5.41) is 0. The second-order valence-corrected chi connectivity index (χ2v) is 7.16. The summed E-state index contributed by atoms with van der Waals surface area (Å²) in [6.45, 7) is 3.69. The van der Waals surface area contributed by atoms with Gasteiger partial charge in [-0.05, 0) is 64.1 Å². The van der Waals surface area contributed by atoms with Crippen LogP contribution in [0.5, 0.6) is 11.5 Å². The zero-order valence-electron chi connectivity index (χ0n) is 16.9. The number of rotatable bonds is 7. The normalized spacial score (nSPS) is 12.0. The number of hydrogen-bond donors (Lipinski definition) is 0. The molecule has 0 fully saturated rings. The van der Waals surface area contributed by atoms with Gasteiger partial charge in [-0.3, -0.25) is 0 Å². The van der Waals surface area contributed by atoms with Crippen molar-refractivity contribution in [1.29, 1.82) is 0 Å². The summed E-state index contributed by atoms with van der Waals surface area (Å²) in [4.78, 5) is 11.0. The predicted molar refractivity (Wildman–Crippen MR) is 113 cm³/mol. The highest BCUT2D eigenvalue weighted by Gasteiger charge is 2.31. The molecule has 0 saturated heterocycles. The van der Waals surface area contributed by atoms with Crippen molar-refractivity contribution < 1.29 is 32.2 Å². The van der Waals surface area contributed by atoms with E-state index in [0.29, 0.717) is 12.2 Å². The molecule has 3 aromatic carbocycles. The van der Waals surface area contributed by atoms with Crippen LogP contribution in [0, 0.1) is 0 Å². The summed E-state index contributed by atoms with van der Waals surface area (Å²) in [6, 6.07) is 18.0. The number of fused-ring (bicyclic) bond motifs is 3. The van der Waals surface area contributed by atoms with Crippen LogP contribution >= 0.6 is 0 Å². The number of carbonyl (C=O) groups excluding carboxylic acids is 1. The molecule has 3 aromatic rings. The Bertz CT molecular complexity index is 1150. The Morgan fingerprint density at radius 2 is 1.50 bits per heavy atom. The molecule has 0 bridgehead atoms. The molecule has 0 saturated carbocycles. The monoisotopic (exact) mass is 440 g/mol. The van der Waals surface area contributed by atoms with Gasteiger partial charge >= 0.3 is 12.3 Å². The minimum absolute atomic E-state index is 0.133. The van der Waals surface area contributed by atoms with Gasteiger partial charge in [-0.2, -0.15) is 0 Å². The maximum absolute atomic E-state index is 12.5. The van der Waals surface area contributed by atoms with E-state index >= 15 is 0 Å². The number of carbonyl (C=O) groups is 1. The van der Waals surface area contributed by atoms with Crippen molar-refractivity contribution in [1.82, 2.24) is 0 Å². The van der Waals surface area contributed by atoms with E-state index in [1.807, 2.05) is 42.5 Å². The molecule has 4 nitrogen and oxygen atoms in total. The van der Waals surface area contributed by atoms with Gasteiger partial charge < -0.3 is 14.2 Å². The van der Waals surface area contributed by atoms with Crippen molar-refractivity contribution in [2.45, 2.75) is 12.8 Å². The van der Waals surface area contributed by atoms with Crippen molar-refractivity contribution in [3.8, 4) is 33.8 Å². The first-order chi connectivity index (χ1) is 15.3. The number of halogens is 3. The molecule has 7 heteroatoms. The van der Waals surface area contributed by atoms with Gasteiger partial charge in [0.2, 0.25) is 0 Å². The van der Waals surface area contributed by atoms with Gasteiger partial charge in [0, 0.05) is 6.08 Å². The lowest BCUT2D eigenvalue weighted by Gasteiger charge is -2.10. The molecule has 0 aromatic heterocycles. The Kier molecular flexibility index (Phi) is 5.90. The first kappa shape index (κ1) is 21.5. The highest BCUT2D eigenvalue weighted by Crippen LogP contribution is 2.40. The largest absolute Gasteiger partial charge is 0.573 e. The molecule has 164 valence electrons. The summed E-state index contributed by atoms with van der Waals surface area (Å²) < 4.78 is 52.0. The first-order valence-corrected chi connectivity index (χ1v) is 9.87. The van der Waals surface area contributed by atoms with Crippen LogP contribution < -0.4 is 9.47 Å². The number of esters is 1. The molecule has 0 amide bonds. The molecule has 0 heterocycles. The number of ether oxygens (including phenoxy) is 3. The van der Waals surface area contributed by atoms with Gasteiger partial charge in [0.25, 0.3) is 0 Å². The minimum atomic E-state index is -4.71. The van der Waals surface area contributed by atoms with Crippen LogP contribution in [0.2, 0.25) is 0 Å². The average Bonchev–Trinajstić information content (AvgIpc) is 3.12. The Balaban J connectivity index is 1.44. The standard InChI is InChI=1S/C25H19F3O4/c1-2-24(29)31-12-11-30-20-6-3-16(4-7-20)17-5-9-22-18(13-17)14-19-15-21(8-10-23(19)22)32-25(26,27)28/h2-10,13,15H,1,11-12,14H2. The molecule has 32 heavy (non-hydrogen) atoms. The second-order valence-electron chi connectivity index (χ2n) is 7.16. The van der Waals surface area contributed by atoms with Gasteiger partial charge in [0.05, 0.1) is 0 Å². The quantitative estimate of drug-likeness (QED) is 0.203. The van der Waals surface area contributed by atoms with Gasteiger partial charge in [-0.25, -0.2) is 4.79 Å². The Morgan fingerprint density at radius 1 is 0.875 bits per heavy atom. The molecule has 0 radical (unpaired) electrons. The third kappa shape index (κ3) is 4.94. The zero-order valence-corrected chi connectivity index (χ0v) is 16.9. The third-order valence-corrected chi connectivity index (χ3v) is 5.04. The van der Waals surface area contributed by atoms with Crippen molar-refractivity contribution in [3.05, 3.63) is 84.4 Å². The molecule has 0 atom stereocenters. The molecule has 0 spiro atoms. The van der Waals surface area contributed by atoms with E-state index < -0.39 is 12.3 Å². The summed E-state index contributed by atoms with van der Waals surface area (Å²) in [5.41, 5.74) is 5.76. The van der Waals surface area contributed by atoms with Gasteiger partial charge in [-0.1, -0.05) is 43.0 Å². The number of alkyl halides is 3.